The zero-order chi connectivity index (χ0) is 13.3. The predicted molar refractivity (Wildman–Crippen MR) is 70.5 cm³/mol. The molecule has 0 aliphatic carbocycles. The van der Waals surface area contributed by atoms with Crippen molar-refractivity contribution in [2.75, 3.05) is 26.7 Å². The first-order valence-electron chi connectivity index (χ1n) is 6.24. The molecule has 1 aromatic carbocycles. The van der Waals surface area contributed by atoms with Crippen LogP contribution in [-0.2, 0) is 0 Å². The number of rotatable bonds is 3. The number of hydrogen-bond donors (Lipinski definition) is 1. The van der Waals surface area contributed by atoms with E-state index in [9.17, 15) is 4.79 Å². The normalized spacial score (nSPS) is 19.8. The summed E-state index contributed by atoms with van der Waals surface area (Å²) in [6.45, 7) is 5.21. The second kappa shape index (κ2) is 4.98. The van der Waals surface area contributed by atoms with Crippen LogP contribution in [0.1, 0.15) is 22.7 Å². The Morgan fingerprint density at radius 1 is 1.39 bits per heavy atom. The highest BCUT2D eigenvalue weighted by Gasteiger charge is 2.36. The summed E-state index contributed by atoms with van der Waals surface area (Å²) in [7, 11) is 1.80. The molecule has 0 bridgehead atoms. The number of nitrogens with zero attached hydrogens (tertiary/aromatic N) is 2. The van der Waals surface area contributed by atoms with Crippen molar-refractivity contribution in [1.29, 1.82) is 0 Å². The molecule has 0 saturated carbocycles. The Morgan fingerprint density at radius 2 is 2.11 bits per heavy atom. The van der Waals surface area contributed by atoms with E-state index in [2.05, 4.69) is 32.0 Å². The molecule has 1 N–H and O–H groups in total. The van der Waals surface area contributed by atoms with Crippen molar-refractivity contribution in [1.82, 2.24) is 9.80 Å². The number of benzene rings is 1. The number of hydrogen-bond acceptors (Lipinski definition) is 2. The number of aliphatic hydroxyl groups excluding tert-OH is 1. The van der Waals surface area contributed by atoms with Gasteiger partial charge in [0.05, 0.1) is 12.6 Å². The van der Waals surface area contributed by atoms with Crippen LogP contribution in [0.5, 0.6) is 0 Å². The predicted octanol–water partition coefficient (Wildman–Crippen LogP) is 1.70. The molecule has 4 nitrogen and oxygen atoms in total. The molecule has 2 amide bonds. The molecular weight excluding hydrogens is 228 g/mol. The molecule has 1 atom stereocenters. The van der Waals surface area contributed by atoms with Gasteiger partial charge in [0.15, 0.2) is 0 Å². The molecule has 98 valence electrons. The minimum absolute atomic E-state index is 0.000981. The molecule has 0 spiro atoms. The Kier molecular flexibility index (Phi) is 3.57. The number of carbonyl (C=O) groups is 1. The summed E-state index contributed by atoms with van der Waals surface area (Å²) >= 11 is 0. The SMILES string of the molecule is Cc1ccc(C2CN(C)C(=O)N2CCO)c(C)c1. The van der Waals surface area contributed by atoms with Crippen LogP contribution in [0.2, 0.25) is 0 Å². The second-order valence-corrected chi connectivity index (χ2v) is 4.96. The molecule has 1 aliphatic heterocycles. The minimum atomic E-state index is -0.00553. The largest absolute Gasteiger partial charge is 0.395 e. The maximum absolute atomic E-state index is 12.0. The van der Waals surface area contributed by atoms with Crippen LogP contribution in [0.3, 0.4) is 0 Å². The lowest BCUT2D eigenvalue weighted by Crippen LogP contribution is -2.33. The maximum atomic E-state index is 12.0. The molecule has 2 rings (SSSR count). The van der Waals surface area contributed by atoms with Crippen molar-refractivity contribution < 1.29 is 9.90 Å². The molecular formula is C14H20N2O2. The number of amides is 2. The maximum Gasteiger partial charge on any atom is 0.320 e. The highest BCUT2D eigenvalue weighted by molar-refractivity contribution is 5.77. The Bertz CT molecular complexity index is 459. The molecule has 1 unspecified atom stereocenters. The van der Waals surface area contributed by atoms with Crippen LogP contribution >= 0.6 is 0 Å². The molecule has 1 fully saturated rings. The summed E-state index contributed by atoms with van der Waals surface area (Å²) in [5.74, 6) is 0. The van der Waals surface area contributed by atoms with Crippen molar-refractivity contribution in [2.45, 2.75) is 19.9 Å². The third kappa shape index (κ3) is 2.20. The first-order chi connectivity index (χ1) is 8.54. The minimum Gasteiger partial charge on any atom is -0.395 e. The van der Waals surface area contributed by atoms with E-state index >= 15 is 0 Å². The highest BCUT2D eigenvalue weighted by Crippen LogP contribution is 2.30. The Balaban J connectivity index is 2.33. The third-order valence-electron chi connectivity index (χ3n) is 3.52. The van der Waals surface area contributed by atoms with Gasteiger partial charge in [-0.1, -0.05) is 23.8 Å². The van der Waals surface area contributed by atoms with Gasteiger partial charge in [-0.15, -0.1) is 0 Å². The van der Waals surface area contributed by atoms with Crippen LogP contribution in [0.25, 0.3) is 0 Å². The van der Waals surface area contributed by atoms with E-state index < -0.39 is 0 Å². The monoisotopic (exact) mass is 248 g/mol. The van der Waals surface area contributed by atoms with E-state index in [1.165, 1.54) is 16.7 Å². The lowest BCUT2D eigenvalue weighted by Gasteiger charge is -2.24. The van der Waals surface area contributed by atoms with E-state index in [0.717, 1.165) is 0 Å². The van der Waals surface area contributed by atoms with E-state index in [-0.39, 0.29) is 18.7 Å². The smallest absolute Gasteiger partial charge is 0.320 e. The van der Waals surface area contributed by atoms with Gasteiger partial charge >= 0.3 is 6.03 Å². The van der Waals surface area contributed by atoms with Gasteiger partial charge in [0.2, 0.25) is 0 Å². The number of urea groups is 1. The fourth-order valence-electron chi connectivity index (χ4n) is 2.61. The lowest BCUT2D eigenvalue weighted by molar-refractivity contribution is 0.171. The summed E-state index contributed by atoms with van der Waals surface area (Å²) in [5.41, 5.74) is 3.60. The standard InChI is InChI=1S/C14H20N2O2/c1-10-4-5-12(11(2)8-10)13-9-15(3)14(18)16(13)6-7-17/h4-5,8,13,17H,6-7,9H2,1-3H3. The number of β-amino-alcohol motifs (C(OH)–C–C–N with tert-alkyl or cyclic N) is 1. The first-order valence-corrected chi connectivity index (χ1v) is 6.24. The second-order valence-electron chi connectivity index (χ2n) is 4.96. The van der Waals surface area contributed by atoms with Crippen LogP contribution in [0, 0.1) is 13.8 Å². The molecule has 1 aromatic rings. The summed E-state index contributed by atoms with van der Waals surface area (Å²) in [6, 6.07) is 6.34. The molecule has 1 saturated heterocycles. The highest BCUT2D eigenvalue weighted by atomic mass is 16.3. The fraction of sp³-hybridized carbons (Fsp3) is 0.500. The molecule has 1 aliphatic rings. The van der Waals surface area contributed by atoms with E-state index in [1.807, 2.05) is 0 Å². The van der Waals surface area contributed by atoms with Gasteiger partial charge in [0.25, 0.3) is 0 Å². The van der Waals surface area contributed by atoms with Gasteiger partial charge in [-0.3, -0.25) is 0 Å². The van der Waals surface area contributed by atoms with Crippen LogP contribution in [0.4, 0.5) is 4.79 Å². The topological polar surface area (TPSA) is 43.8 Å². The Labute approximate surface area is 108 Å². The molecule has 4 heteroatoms. The zero-order valence-electron chi connectivity index (χ0n) is 11.2. The van der Waals surface area contributed by atoms with Crippen LogP contribution in [-0.4, -0.2) is 47.7 Å². The number of aliphatic hydroxyl groups is 1. The van der Waals surface area contributed by atoms with Gasteiger partial charge < -0.3 is 14.9 Å². The molecule has 1 heterocycles. The van der Waals surface area contributed by atoms with Gasteiger partial charge in [0, 0.05) is 20.1 Å². The summed E-state index contributed by atoms with van der Waals surface area (Å²) < 4.78 is 0. The Hall–Kier alpha value is -1.55. The van der Waals surface area contributed by atoms with Crippen molar-refractivity contribution in [3.05, 3.63) is 34.9 Å². The summed E-state index contributed by atoms with van der Waals surface area (Å²) in [4.78, 5) is 15.5. The summed E-state index contributed by atoms with van der Waals surface area (Å²) in [5, 5.41) is 9.10. The molecule has 0 radical (unpaired) electrons. The third-order valence-corrected chi connectivity index (χ3v) is 3.52. The Morgan fingerprint density at radius 3 is 2.72 bits per heavy atom. The lowest BCUT2D eigenvalue weighted by atomic mass is 9.99. The van der Waals surface area contributed by atoms with Gasteiger partial charge in [0.1, 0.15) is 0 Å². The number of aryl methyl sites for hydroxylation is 2. The van der Waals surface area contributed by atoms with Gasteiger partial charge in [-0.25, -0.2) is 4.79 Å². The van der Waals surface area contributed by atoms with Gasteiger partial charge in [-0.2, -0.15) is 0 Å². The van der Waals surface area contributed by atoms with Crippen LogP contribution in [0.15, 0.2) is 18.2 Å². The van der Waals surface area contributed by atoms with E-state index in [0.29, 0.717) is 13.1 Å². The zero-order valence-corrected chi connectivity index (χ0v) is 11.2. The molecule has 0 aromatic heterocycles. The number of likely N-dealkylation sites (N-methyl/N-ethyl adjacent to an activating group) is 1. The quantitative estimate of drug-likeness (QED) is 0.885. The fourth-order valence-corrected chi connectivity index (χ4v) is 2.61. The van der Waals surface area contributed by atoms with Crippen molar-refractivity contribution >= 4 is 6.03 Å². The van der Waals surface area contributed by atoms with Crippen molar-refractivity contribution in [3.8, 4) is 0 Å². The van der Waals surface area contributed by atoms with Crippen molar-refractivity contribution in [2.24, 2.45) is 0 Å². The molecule has 18 heavy (non-hydrogen) atoms. The summed E-state index contributed by atoms with van der Waals surface area (Å²) in [6.07, 6.45) is 0. The average molecular weight is 248 g/mol. The van der Waals surface area contributed by atoms with E-state index in [4.69, 9.17) is 5.11 Å². The van der Waals surface area contributed by atoms with Crippen molar-refractivity contribution in [3.63, 3.8) is 0 Å². The first kappa shape index (κ1) is 12.9. The number of carbonyl (C=O) groups excluding carboxylic acids is 1. The average Bonchev–Trinajstić information content (AvgIpc) is 2.58. The van der Waals surface area contributed by atoms with E-state index in [1.54, 1.807) is 16.8 Å². The van der Waals surface area contributed by atoms with Gasteiger partial charge in [-0.05, 0) is 25.0 Å². The van der Waals surface area contributed by atoms with Crippen LogP contribution < -0.4 is 0 Å².